The third kappa shape index (κ3) is 3.77. The van der Waals surface area contributed by atoms with Gasteiger partial charge in [-0.05, 0) is 32.0 Å². The molecule has 1 aromatic rings. The fourth-order valence-corrected chi connectivity index (χ4v) is 2.52. The summed E-state index contributed by atoms with van der Waals surface area (Å²) in [5, 5.41) is 13.3. The first-order chi connectivity index (χ1) is 8.72. The Morgan fingerprint density at radius 2 is 2.17 bits per heavy atom. The smallest absolute Gasteiger partial charge is 0.0795 e. The van der Waals surface area contributed by atoms with Gasteiger partial charge in [0.15, 0.2) is 0 Å². The van der Waals surface area contributed by atoms with Gasteiger partial charge >= 0.3 is 0 Å². The summed E-state index contributed by atoms with van der Waals surface area (Å²) in [5.74, 6) is 0. The highest BCUT2D eigenvalue weighted by Crippen LogP contribution is 2.21. The van der Waals surface area contributed by atoms with Crippen molar-refractivity contribution in [1.29, 1.82) is 0 Å². The Bertz CT molecular complexity index is 347. The van der Waals surface area contributed by atoms with Crippen LogP contribution in [0.15, 0.2) is 24.4 Å². The van der Waals surface area contributed by atoms with Gasteiger partial charge < -0.3 is 15.3 Å². The lowest BCUT2D eigenvalue weighted by molar-refractivity contribution is -0.0182. The van der Waals surface area contributed by atoms with Gasteiger partial charge in [-0.15, -0.1) is 0 Å². The van der Waals surface area contributed by atoms with Crippen molar-refractivity contribution in [2.75, 3.05) is 33.2 Å². The highest BCUT2D eigenvalue weighted by Gasteiger charge is 2.31. The van der Waals surface area contributed by atoms with E-state index in [-0.39, 0.29) is 0 Å². The summed E-state index contributed by atoms with van der Waals surface area (Å²) < 4.78 is 0. The number of hydrogen-bond acceptors (Lipinski definition) is 4. The van der Waals surface area contributed by atoms with E-state index >= 15 is 0 Å². The molecule has 1 saturated heterocycles. The zero-order valence-corrected chi connectivity index (χ0v) is 11.1. The van der Waals surface area contributed by atoms with Crippen LogP contribution in [0, 0.1) is 0 Å². The third-order valence-electron chi connectivity index (χ3n) is 3.70. The number of nitrogens with zero attached hydrogens (tertiary/aromatic N) is 2. The lowest BCUT2D eigenvalue weighted by Gasteiger charge is -2.38. The summed E-state index contributed by atoms with van der Waals surface area (Å²) in [6.45, 7) is 3.68. The maximum Gasteiger partial charge on any atom is 0.0795 e. The first kappa shape index (κ1) is 13.5. The van der Waals surface area contributed by atoms with Crippen LogP contribution in [-0.2, 0) is 6.42 Å². The molecule has 18 heavy (non-hydrogen) atoms. The monoisotopic (exact) mass is 249 g/mol. The molecule has 0 saturated carbocycles. The van der Waals surface area contributed by atoms with E-state index in [0.29, 0.717) is 6.54 Å². The fourth-order valence-electron chi connectivity index (χ4n) is 2.52. The fraction of sp³-hybridized carbons (Fsp3) is 0.643. The zero-order valence-electron chi connectivity index (χ0n) is 11.1. The van der Waals surface area contributed by atoms with Gasteiger partial charge in [-0.25, -0.2) is 0 Å². The molecule has 2 heterocycles. The molecule has 4 nitrogen and oxygen atoms in total. The maximum atomic E-state index is 10.3. The van der Waals surface area contributed by atoms with Gasteiger partial charge in [-0.1, -0.05) is 6.07 Å². The van der Waals surface area contributed by atoms with Gasteiger partial charge in [-0.3, -0.25) is 4.98 Å². The van der Waals surface area contributed by atoms with Gasteiger partial charge in [0.2, 0.25) is 0 Å². The van der Waals surface area contributed by atoms with Crippen LogP contribution in [0.5, 0.6) is 0 Å². The summed E-state index contributed by atoms with van der Waals surface area (Å²) in [5.41, 5.74) is 0.643. The van der Waals surface area contributed by atoms with Crippen LogP contribution >= 0.6 is 0 Å². The lowest BCUT2D eigenvalue weighted by Crippen LogP contribution is -2.49. The summed E-state index contributed by atoms with van der Waals surface area (Å²) in [6.07, 6.45) is 4.55. The standard InChI is InChI=1S/C14H23N3O/c1-15-12-14(18)6-10-17(11-7-14)9-5-13-4-2-3-8-16-13/h2-4,8,15,18H,5-7,9-12H2,1H3. The molecule has 0 aliphatic carbocycles. The van der Waals surface area contributed by atoms with Crippen LogP contribution in [-0.4, -0.2) is 53.8 Å². The lowest BCUT2D eigenvalue weighted by atomic mass is 9.91. The molecule has 0 unspecified atom stereocenters. The molecule has 1 aliphatic heterocycles. The second kappa shape index (κ2) is 6.27. The first-order valence-electron chi connectivity index (χ1n) is 6.71. The molecule has 4 heteroatoms. The summed E-state index contributed by atoms with van der Waals surface area (Å²) >= 11 is 0. The van der Waals surface area contributed by atoms with E-state index < -0.39 is 5.60 Å². The highest BCUT2D eigenvalue weighted by molar-refractivity contribution is 5.04. The van der Waals surface area contributed by atoms with Crippen LogP contribution in [0.3, 0.4) is 0 Å². The van der Waals surface area contributed by atoms with Crippen molar-refractivity contribution in [3.63, 3.8) is 0 Å². The molecular formula is C14H23N3O. The van der Waals surface area contributed by atoms with Crippen LogP contribution in [0.1, 0.15) is 18.5 Å². The predicted molar refractivity (Wildman–Crippen MR) is 72.5 cm³/mol. The van der Waals surface area contributed by atoms with E-state index in [1.165, 1.54) is 0 Å². The third-order valence-corrected chi connectivity index (χ3v) is 3.70. The van der Waals surface area contributed by atoms with E-state index in [9.17, 15) is 5.11 Å². The number of aliphatic hydroxyl groups is 1. The van der Waals surface area contributed by atoms with E-state index in [1.807, 2.05) is 25.4 Å². The maximum absolute atomic E-state index is 10.3. The van der Waals surface area contributed by atoms with Gasteiger partial charge in [0.1, 0.15) is 0 Å². The Balaban J connectivity index is 1.74. The van der Waals surface area contributed by atoms with Crippen molar-refractivity contribution in [3.8, 4) is 0 Å². The molecule has 2 rings (SSSR count). The molecule has 1 aliphatic rings. The summed E-state index contributed by atoms with van der Waals surface area (Å²) in [7, 11) is 1.89. The van der Waals surface area contributed by atoms with Gasteiger partial charge in [0.05, 0.1) is 5.60 Å². The van der Waals surface area contributed by atoms with Gasteiger partial charge in [0, 0.05) is 44.5 Å². The Kier molecular flexibility index (Phi) is 4.69. The number of likely N-dealkylation sites (N-methyl/N-ethyl adjacent to an activating group) is 1. The molecular weight excluding hydrogens is 226 g/mol. The van der Waals surface area contributed by atoms with E-state index in [0.717, 1.165) is 44.6 Å². The molecule has 100 valence electrons. The summed E-state index contributed by atoms with van der Waals surface area (Å²) in [6, 6.07) is 6.05. The minimum absolute atomic E-state index is 0.504. The molecule has 2 N–H and O–H groups in total. The van der Waals surface area contributed by atoms with Crippen LogP contribution in [0.25, 0.3) is 0 Å². The van der Waals surface area contributed by atoms with E-state index in [1.54, 1.807) is 0 Å². The largest absolute Gasteiger partial charge is 0.388 e. The van der Waals surface area contributed by atoms with E-state index in [2.05, 4.69) is 21.3 Å². The van der Waals surface area contributed by atoms with Crippen molar-refractivity contribution < 1.29 is 5.11 Å². The second-order valence-corrected chi connectivity index (χ2v) is 5.17. The van der Waals surface area contributed by atoms with Crippen LogP contribution in [0.2, 0.25) is 0 Å². The summed E-state index contributed by atoms with van der Waals surface area (Å²) in [4.78, 5) is 6.75. The van der Waals surface area contributed by atoms with Crippen molar-refractivity contribution in [1.82, 2.24) is 15.2 Å². The Morgan fingerprint density at radius 3 is 2.78 bits per heavy atom. The number of nitrogens with one attached hydrogen (secondary N) is 1. The minimum Gasteiger partial charge on any atom is -0.388 e. The van der Waals surface area contributed by atoms with Crippen molar-refractivity contribution in [2.45, 2.75) is 24.9 Å². The molecule has 0 bridgehead atoms. The number of likely N-dealkylation sites (tertiary alicyclic amines) is 1. The molecule has 1 aromatic heterocycles. The second-order valence-electron chi connectivity index (χ2n) is 5.17. The SMILES string of the molecule is CNCC1(O)CCN(CCc2ccccn2)CC1. The average molecular weight is 249 g/mol. The van der Waals surface area contributed by atoms with E-state index in [4.69, 9.17) is 0 Å². The number of rotatable bonds is 5. The Hall–Kier alpha value is -0.970. The molecule has 1 fully saturated rings. The van der Waals surface area contributed by atoms with Crippen molar-refractivity contribution in [3.05, 3.63) is 30.1 Å². The van der Waals surface area contributed by atoms with Crippen LogP contribution < -0.4 is 5.32 Å². The molecule has 0 atom stereocenters. The Morgan fingerprint density at radius 1 is 1.39 bits per heavy atom. The molecule has 0 radical (unpaired) electrons. The number of piperidine rings is 1. The number of aromatic nitrogens is 1. The topological polar surface area (TPSA) is 48.4 Å². The highest BCUT2D eigenvalue weighted by atomic mass is 16.3. The van der Waals surface area contributed by atoms with Crippen molar-refractivity contribution in [2.24, 2.45) is 0 Å². The minimum atomic E-state index is -0.504. The normalized spacial score (nSPS) is 19.9. The average Bonchev–Trinajstić information content (AvgIpc) is 2.40. The molecule has 0 spiro atoms. The predicted octanol–water partition coefficient (Wildman–Crippen LogP) is 0.670. The van der Waals surface area contributed by atoms with Gasteiger partial charge in [-0.2, -0.15) is 0 Å². The quantitative estimate of drug-likeness (QED) is 0.805. The number of hydrogen-bond donors (Lipinski definition) is 2. The van der Waals surface area contributed by atoms with Crippen LogP contribution in [0.4, 0.5) is 0 Å². The van der Waals surface area contributed by atoms with Gasteiger partial charge in [0.25, 0.3) is 0 Å². The zero-order chi connectivity index (χ0) is 12.8. The Labute approximate surface area is 109 Å². The molecule has 0 amide bonds. The number of pyridine rings is 1. The van der Waals surface area contributed by atoms with Crippen molar-refractivity contribution >= 4 is 0 Å². The molecule has 0 aromatic carbocycles. The first-order valence-corrected chi connectivity index (χ1v) is 6.71.